The van der Waals surface area contributed by atoms with Gasteiger partial charge in [-0.25, -0.2) is 8.42 Å². The van der Waals surface area contributed by atoms with Crippen LogP contribution in [0.4, 0.5) is 11.4 Å². The summed E-state index contributed by atoms with van der Waals surface area (Å²) >= 11 is 0. The average molecular weight is 478 g/mol. The van der Waals surface area contributed by atoms with E-state index in [1.807, 2.05) is 43.3 Å². The van der Waals surface area contributed by atoms with Gasteiger partial charge < -0.3 is 5.32 Å². The Hall–Kier alpha value is -3.16. The number of carbonyl (C=O) groups excluding carboxylic acids is 1. The van der Waals surface area contributed by atoms with Gasteiger partial charge >= 0.3 is 0 Å². The molecule has 3 aromatic carbocycles. The molecule has 7 heteroatoms. The van der Waals surface area contributed by atoms with Crippen LogP contribution in [-0.2, 0) is 16.6 Å². The molecule has 0 bridgehead atoms. The molecule has 178 valence electrons. The second-order valence-corrected chi connectivity index (χ2v) is 10.8. The Bertz CT molecular complexity index is 1240. The first kappa shape index (κ1) is 24.0. The van der Waals surface area contributed by atoms with E-state index in [0.717, 1.165) is 31.1 Å². The molecule has 1 fully saturated rings. The van der Waals surface area contributed by atoms with Crippen LogP contribution < -0.4 is 10.0 Å². The molecule has 0 spiro atoms. The molecular weight excluding hydrogens is 446 g/mol. The molecule has 1 aliphatic rings. The van der Waals surface area contributed by atoms with Crippen molar-refractivity contribution in [2.24, 2.45) is 5.92 Å². The zero-order valence-electron chi connectivity index (χ0n) is 19.6. The normalized spacial score (nSPS) is 16.7. The summed E-state index contributed by atoms with van der Waals surface area (Å²) in [6.45, 7) is 7.28. The van der Waals surface area contributed by atoms with Gasteiger partial charge in [0.05, 0.1) is 10.6 Å². The van der Waals surface area contributed by atoms with E-state index in [2.05, 4.69) is 21.9 Å². The maximum absolute atomic E-state index is 12.7. The standard InChI is InChI=1S/C27H31N3O3S/c1-20-6-5-17-30(18-20)19-22-9-11-23(12-10-22)27(31)28-24-13-15-25(16-14-24)34(32,33)29-26-8-4-3-7-21(26)2/h3-4,7-16,20,29H,5-6,17-19H2,1-2H3,(H,28,31)/t20-/m1/s1. The van der Waals surface area contributed by atoms with Gasteiger partial charge in [0.2, 0.25) is 0 Å². The first-order valence-corrected chi connectivity index (χ1v) is 13.1. The number of hydrogen-bond acceptors (Lipinski definition) is 4. The van der Waals surface area contributed by atoms with Crippen molar-refractivity contribution in [3.63, 3.8) is 0 Å². The SMILES string of the molecule is Cc1ccccc1NS(=O)(=O)c1ccc(NC(=O)c2ccc(CN3CCC[C@@H](C)C3)cc2)cc1. The highest BCUT2D eigenvalue weighted by molar-refractivity contribution is 7.92. The quantitative estimate of drug-likeness (QED) is 0.485. The summed E-state index contributed by atoms with van der Waals surface area (Å²) in [4.78, 5) is 15.3. The summed E-state index contributed by atoms with van der Waals surface area (Å²) in [6, 6.07) is 21.0. The van der Waals surface area contributed by atoms with E-state index >= 15 is 0 Å². The minimum Gasteiger partial charge on any atom is -0.322 e. The minimum atomic E-state index is -3.72. The number of rotatable bonds is 7. The number of aryl methyl sites for hydroxylation is 1. The van der Waals surface area contributed by atoms with Gasteiger partial charge in [0, 0.05) is 24.3 Å². The highest BCUT2D eigenvalue weighted by Crippen LogP contribution is 2.21. The Morgan fingerprint density at radius 2 is 1.71 bits per heavy atom. The van der Waals surface area contributed by atoms with E-state index in [1.165, 1.54) is 30.5 Å². The number of anilines is 2. The van der Waals surface area contributed by atoms with E-state index in [1.54, 1.807) is 24.3 Å². The van der Waals surface area contributed by atoms with Gasteiger partial charge in [0.1, 0.15) is 0 Å². The molecule has 3 aromatic rings. The predicted octanol–water partition coefficient (Wildman–Crippen LogP) is 5.28. The van der Waals surface area contributed by atoms with Gasteiger partial charge in [-0.2, -0.15) is 0 Å². The number of nitrogens with zero attached hydrogens (tertiary/aromatic N) is 1. The second kappa shape index (κ2) is 10.4. The summed E-state index contributed by atoms with van der Waals surface area (Å²) in [5, 5.41) is 2.84. The molecule has 34 heavy (non-hydrogen) atoms. The molecule has 0 radical (unpaired) electrons. The lowest BCUT2D eigenvalue weighted by atomic mass is 9.99. The lowest BCUT2D eigenvalue weighted by Crippen LogP contribution is -2.33. The molecule has 0 unspecified atom stereocenters. The van der Waals surface area contributed by atoms with Crippen LogP contribution in [-0.4, -0.2) is 32.3 Å². The summed E-state index contributed by atoms with van der Waals surface area (Å²) in [5.74, 6) is 0.505. The molecule has 6 nitrogen and oxygen atoms in total. The molecule has 2 N–H and O–H groups in total. The second-order valence-electron chi connectivity index (χ2n) is 9.08. The third kappa shape index (κ3) is 6.04. The summed E-state index contributed by atoms with van der Waals surface area (Å²) in [5.41, 5.74) is 3.67. The number of piperidine rings is 1. The largest absolute Gasteiger partial charge is 0.322 e. The first-order valence-electron chi connectivity index (χ1n) is 11.6. The van der Waals surface area contributed by atoms with Crippen molar-refractivity contribution >= 4 is 27.3 Å². The van der Waals surface area contributed by atoms with Crippen molar-refractivity contribution in [3.8, 4) is 0 Å². The maximum Gasteiger partial charge on any atom is 0.261 e. The van der Waals surface area contributed by atoms with E-state index in [-0.39, 0.29) is 10.8 Å². The molecule has 0 aromatic heterocycles. The predicted molar refractivity (Wildman–Crippen MR) is 136 cm³/mol. The number of carbonyl (C=O) groups is 1. The Balaban J connectivity index is 1.36. The Labute approximate surface area is 202 Å². The monoisotopic (exact) mass is 477 g/mol. The fraction of sp³-hybridized carbons (Fsp3) is 0.296. The number of benzene rings is 3. The van der Waals surface area contributed by atoms with E-state index in [0.29, 0.717) is 16.9 Å². The van der Waals surface area contributed by atoms with Gasteiger partial charge in [0.15, 0.2) is 0 Å². The number of sulfonamides is 1. The first-order chi connectivity index (χ1) is 16.3. The Morgan fingerprint density at radius 1 is 1.00 bits per heavy atom. The number of nitrogens with one attached hydrogen (secondary N) is 2. The van der Waals surface area contributed by atoms with Crippen LogP contribution in [0, 0.1) is 12.8 Å². The van der Waals surface area contributed by atoms with Crippen LogP contribution in [0.25, 0.3) is 0 Å². The third-order valence-electron chi connectivity index (χ3n) is 6.18. The molecule has 1 amide bonds. The Kier molecular flexibility index (Phi) is 7.34. The van der Waals surface area contributed by atoms with Crippen LogP contribution >= 0.6 is 0 Å². The molecular formula is C27H31N3O3S. The third-order valence-corrected chi connectivity index (χ3v) is 7.56. The number of likely N-dealkylation sites (tertiary alicyclic amines) is 1. The lowest BCUT2D eigenvalue weighted by molar-refractivity contribution is 0.102. The van der Waals surface area contributed by atoms with Crippen molar-refractivity contribution in [1.29, 1.82) is 0 Å². The van der Waals surface area contributed by atoms with Crippen LogP contribution in [0.1, 0.15) is 41.3 Å². The van der Waals surface area contributed by atoms with Crippen molar-refractivity contribution in [1.82, 2.24) is 4.90 Å². The maximum atomic E-state index is 12.7. The van der Waals surface area contributed by atoms with Gasteiger partial charge in [-0.3, -0.25) is 14.4 Å². The van der Waals surface area contributed by atoms with Gasteiger partial charge in [0.25, 0.3) is 15.9 Å². The van der Waals surface area contributed by atoms with Crippen LogP contribution in [0.5, 0.6) is 0 Å². The van der Waals surface area contributed by atoms with E-state index in [4.69, 9.17) is 0 Å². The smallest absolute Gasteiger partial charge is 0.261 e. The summed E-state index contributed by atoms with van der Waals surface area (Å²) in [6.07, 6.45) is 2.54. The van der Waals surface area contributed by atoms with Crippen molar-refractivity contribution < 1.29 is 13.2 Å². The van der Waals surface area contributed by atoms with E-state index < -0.39 is 10.0 Å². The molecule has 1 saturated heterocycles. The van der Waals surface area contributed by atoms with Gasteiger partial charge in [-0.1, -0.05) is 37.3 Å². The molecule has 1 atom stereocenters. The molecule has 1 heterocycles. The molecule has 1 aliphatic heterocycles. The van der Waals surface area contributed by atoms with Crippen LogP contribution in [0.3, 0.4) is 0 Å². The molecule has 0 saturated carbocycles. The minimum absolute atomic E-state index is 0.130. The topological polar surface area (TPSA) is 78.5 Å². The van der Waals surface area contributed by atoms with Gasteiger partial charge in [-0.05, 0) is 85.8 Å². The number of amides is 1. The Morgan fingerprint density at radius 3 is 2.38 bits per heavy atom. The van der Waals surface area contributed by atoms with Gasteiger partial charge in [-0.15, -0.1) is 0 Å². The highest BCUT2D eigenvalue weighted by Gasteiger charge is 2.17. The lowest BCUT2D eigenvalue weighted by Gasteiger charge is -2.30. The van der Waals surface area contributed by atoms with Crippen LogP contribution in [0.2, 0.25) is 0 Å². The van der Waals surface area contributed by atoms with E-state index in [9.17, 15) is 13.2 Å². The zero-order valence-corrected chi connectivity index (χ0v) is 20.4. The molecule has 0 aliphatic carbocycles. The van der Waals surface area contributed by atoms with Crippen molar-refractivity contribution in [2.75, 3.05) is 23.1 Å². The average Bonchev–Trinajstić information content (AvgIpc) is 2.81. The molecule has 4 rings (SSSR count). The fourth-order valence-corrected chi connectivity index (χ4v) is 5.39. The number of para-hydroxylation sites is 1. The van der Waals surface area contributed by atoms with Crippen molar-refractivity contribution in [2.45, 2.75) is 38.1 Å². The highest BCUT2D eigenvalue weighted by atomic mass is 32.2. The summed E-state index contributed by atoms with van der Waals surface area (Å²) in [7, 11) is -3.72. The summed E-state index contributed by atoms with van der Waals surface area (Å²) < 4.78 is 28.0. The van der Waals surface area contributed by atoms with Crippen molar-refractivity contribution in [3.05, 3.63) is 89.5 Å². The zero-order chi connectivity index (χ0) is 24.1. The van der Waals surface area contributed by atoms with Crippen LogP contribution in [0.15, 0.2) is 77.7 Å². The number of hydrogen-bond donors (Lipinski definition) is 2. The fourth-order valence-electron chi connectivity index (χ4n) is 4.26.